The molecule has 0 aromatic heterocycles. The smallest absolute Gasteiger partial charge is 0.253 e. The Balaban J connectivity index is 1.83. The molecule has 0 bridgehead atoms. The van der Waals surface area contributed by atoms with Crippen LogP contribution in [0.5, 0.6) is 0 Å². The van der Waals surface area contributed by atoms with Crippen LogP contribution in [0.3, 0.4) is 0 Å². The SMILES string of the molecule is Cc1ccc(N)c(C(=O)NCC(C)CN2CCCC2)c1. The Labute approximate surface area is 121 Å². The van der Waals surface area contributed by atoms with Crippen LogP contribution in [0.4, 0.5) is 5.69 Å². The van der Waals surface area contributed by atoms with Crippen molar-refractivity contribution in [1.29, 1.82) is 0 Å². The lowest BCUT2D eigenvalue weighted by atomic mass is 10.1. The molecule has 2 rings (SSSR count). The van der Waals surface area contributed by atoms with Crippen LogP contribution < -0.4 is 11.1 Å². The van der Waals surface area contributed by atoms with Gasteiger partial charge >= 0.3 is 0 Å². The molecular weight excluding hydrogens is 250 g/mol. The summed E-state index contributed by atoms with van der Waals surface area (Å²) < 4.78 is 0. The number of likely N-dealkylation sites (tertiary alicyclic amines) is 1. The van der Waals surface area contributed by atoms with E-state index in [-0.39, 0.29) is 5.91 Å². The summed E-state index contributed by atoms with van der Waals surface area (Å²) in [6.07, 6.45) is 2.61. The van der Waals surface area contributed by atoms with Crippen LogP contribution >= 0.6 is 0 Å². The van der Waals surface area contributed by atoms with Crippen molar-refractivity contribution >= 4 is 11.6 Å². The Morgan fingerprint density at radius 2 is 2.10 bits per heavy atom. The highest BCUT2D eigenvalue weighted by Gasteiger charge is 2.16. The Morgan fingerprint density at radius 3 is 2.80 bits per heavy atom. The Morgan fingerprint density at radius 1 is 1.40 bits per heavy atom. The maximum absolute atomic E-state index is 12.2. The number of nitrogens with one attached hydrogen (secondary N) is 1. The van der Waals surface area contributed by atoms with Gasteiger partial charge in [-0.3, -0.25) is 4.79 Å². The first kappa shape index (κ1) is 14.9. The quantitative estimate of drug-likeness (QED) is 0.809. The van der Waals surface area contributed by atoms with E-state index in [9.17, 15) is 4.79 Å². The summed E-state index contributed by atoms with van der Waals surface area (Å²) >= 11 is 0. The first-order valence-corrected chi connectivity index (χ1v) is 7.43. The molecule has 1 aliphatic heterocycles. The summed E-state index contributed by atoms with van der Waals surface area (Å²) in [6, 6.07) is 5.55. The number of rotatable bonds is 5. The summed E-state index contributed by atoms with van der Waals surface area (Å²) in [4.78, 5) is 14.6. The van der Waals surface area contributed by atoms with Crippen LogP contribution in [0.25, 0.3) is 0 Å². The van der Waals surface area contributed by atoms with E-state index < -0.39 is 0 Å². The number of carbonyl (C=O) groups is 1. The molecule has 20 heavy (non-hydrogen) atoms. The minimum absolute atomic E-state index is 0.0699. The van der Waals surface area contributed by atoms with Crippen LogP contribution in [-0.2, 0) is 0 Å². The fourth-order valence-corrected chi connectivity index (χ4v) is 2.70. The average Bonchev–Trinajstić information content (AvgIpc) is 2.91. The van der Waals surface area contributed by atoms with Gasteiger partial charge in [0.2, 0.25) is 0 Å². The van der Waals surface area contributed by atoms with Crippen molar-refractivity contribution < 1.29 is 4.79 Å². The van der Waals surface area contributed by atoms with Gasteiger partial charge in [-0.1, -0.05) is 18.6 Å². The second-order valence-electron chi connectivity index (χ2n) is 5.91. The van der Waals surface area contributed by atoms with Crippen LogP contribution in [0.15, 0.2) is 18.2 Å². The van der Waals surface area contributed by atoms with Gasteiger partial charge in [0.1, 0.15) is 0 Å². The standard InChI is InChI=1S/C16H25N3O/c1-12-5-6-15(17)14(9-12)16(20)18-10-13(2)11-19-7-3-4-8-19/h5-6,9,13H,3-4,7-8,10-11,17H2,1-2H3,(H,18,20). The molecule has 1 heterocycles. The van der Waals surface area contributed by atoms with E-state index in [4.69, 9.17) is 5.73 Å². The molecule has 1 aromatic rings. The highest BCUT2D eigenvalue weighted by molar-refractivity contribution is 5.99. The third kappa shape index (κ3) is 3.97. The Bertz CT molecular complexity index is 467. The fourth-order valence-electron chi connectivity index (χ4n) is 2.70. The molecule has 110 valence electrons. The van der Waals surface area contributed by atoms with Crippen molar-refractivity contribution in [2.45, 2.75) is 26.7 Å². The molecule has 0 aliphatic carbocycles. The van der Waals surface area contributed by atoms with E-state index in [1.54, 1.807) is 6.07 Å². The van der Waals surface area contributed by atoms with Crippen molar-refractivity contribution in [3.63, 3.8) is 0 Å². The second kappa shape index (κ2) is 6.75. The molecule has 1 atom stereocenters. The van der Waals surface area contributed by atoms with Gasteiger partial charge < -0.3 is 16.0 Å². The molecule has 1 amide bonds. The van der Waals surface area contributed by atoms with Crippen LogP contribution in [0.1, 0.15) is 35.7 Å². The van der Waals surface area contributed by atoms with Crippen molar-refractivity contribution in [3.05, 3.63) is 29.3 Å². The van der Waals surface area contributed by atoms with Gasteiger partial charge in [0.15, 0.2) is 0 Å². The number of nitrogens with zero attached hydrogens (tertiary/aromatic N) is 1. The van der Waals surface area contributed by atoms with Gasteiger partial charge in [-0.2, -0.15) is 0 Å². The number of aryl methyl sites for hydroxylation is 1. The fraction of sp³-hybridized carbons (Fsp3) is 0.562. The molecule has 4 nitrogen and oxygen atoms in total. The Kier molecular flexibility index (Phi) is 5.01. The summed E-state index contributed by atoms with van der Waals surface area (Å²) in [6.45, 7) is 8.29. The van der Waals surface area contributed by atoms with Crippen molar-refractivity contribution in [1.82, 2.24) is 10.2 Å². The molecule has 1 saturated heterocycles. The van der Waals surface area contributed by atoms with E-state index in [0.29, 0.717) is 23.7 Å². The van der Waals surface area contributed by atoms with Crippen molar-refractivity contribution in [3.8, 4) is 0 Å². The second-order valence-corrected chi connectivity index (χ2v) is 5.91. The number of hydrogen-bond acceptors (Lipinski definition) is 3. The molecule has 0 radical (unpaired) electrons. The van der Waals surface area contributed by atoms with E-state index in [2.05, 4.69) is 17.1 Å². The largest absolute Gasteiger partial charge is 0.398 e. The molecule has 4 heteroatoms. The number of hydrogen-bond donors (Lipinski definition) is 2. The normalized spacial score (nSPS) is 17.1. The topological polar surface area (TPSA) is 58.4 Å². The highest BCUT2D eigenvalue weighted by atomic mass is 16.1. The lowest BCUT2D eigenvalue weighted by Crippen LogP contribution is -2.34. The van der Waals surface area contributed by atoms with E-state index >= 15 is 0 Å². The lowest BCUT2D eigenvalue weighted by Gasteiger charge is -2.20. The van der Waals surface area contributed by atoms with Crippen LogP contribution in [-0.4, -0.2) is 37.0 Å². The van der Waals surface area contributed by atoms with E-state index in [1.807, 2.05) is 19.1 Å². The predicted molar refractivity (Wildman–Crippen MR) is 82.8 cm³/mol. The zero-order chi connectivity index (χ0) is 14.5. The van der Waals surface area contributed by atoms with Gasteiger partial charge in [-0.15, -0.1) is 0 Å². The summed E-state index contributed by atoms with van der Waals surface area (Å²) in [5.41, 5.74) is 8.03. The maximum atomic E-state index is 12.2. The Hall–Kier alpha value is -1.55. The number of carbonyl (C=O) groups excluding carboxylic acids is 1. The first-order chi connectivity index (χ1) is 9.56. The molecule has 1 fully saturated rings. The zero-order valence-corrected chi connectivity index (χ0v) is 12.5. The number of benzene rings is 1. The molecule has 0 spiro atoms. The number of amides is 1. The van der Waals surface area contributed by atoms with Gasteiger partial charge in [0.25, 0.3) is 5.91 Å². The summed E-state index contributed by atoms with van der Waals surface area (Å²) in [5.74, 6) is 0.391. The van der Waals surface area contributed by atoms with Gasteiger partial charge in [-0.25, -0.2) is 0 Å². The summed E-state index contributed by atoms with van der Waals surface area (Å²) in [7, 11) is 0. The lowest BCUT2D eigenvalue weighted by molar-refractivity contribution is 0.0946. The minimum Gasteiger partial charge on any atom is -0.398 e. The third-order valence-electron chi connectivity index (χ3n) is 3.83. The van der Waals surface area contributed by atoms with Crippen LogP contribution in [0, 0.1) is 12.8 Å². The van der Waals surface area contributed by atoms with Gasteiger partial charge in [-0.05, 0) is 50.9 Å². The van der Waals surface area contributed by atoms with Crippen molar-refractivity contribution in [2.75, 3.05) is 31.9 Å². The minimum atomic E-state index is -0.0699. The molecule has 1 aromatic carbocycles. The molecule has 1 unspecified atom stereocenters. The molecule has 1 aliphatic rings. The first-order valence-electron chi connectivity index (χ1n) is 7.43. The van der Waals surface area contributed by atoms with E-state index in [0.717, 1.165) is 12.1 Å². The van der Waals surface area contributed by atoms with Gasteiger partial charge in [0, 0.05) is 18.8 Å². The third-order valence-corrected chi connectivity index (χ3v) is 3.83. The highest BCUT2D eigenvalue weighted by Crippen LogP contribution is 2.14. The summed E-state index contributed by atoms with van der Waals surface area (Å²) in [5, 5.41) is 3.00. The predicted octanol–water partition coefficient (Wildman–Crippen LogP) is 2.04. The number of nitrogens with two attached hydrogens (primary N) is 1. The van der Waals surface area contributed by atoms with Crippen molar-refractivity contribution in [2.24, 2.45) is 5.92 Å². The van der Waals surface area contributed by atoms with Crippen LogP contribution in [0.2, 0.25) is 0 Å². The molecule has 0 saturated carbocycles. The van der Waals surface area contributed by atoms with E-state index in [1.165, 1.54) is 25.9 Å². The maximum Gasteiger partial charge on any atom is 0.253 e. The monoisotopic (exact) mass is 275 g/mol. The number of anilines is 1. The molecule has 3 N–H and O–H groups in total. The zero-order valence-electron chi connectivity index (χ0n) is 12.5. The van der Waals surface area contributed by atoms with Gasteiger partial charge in [0.05, 0.1) is 5.56 Å². The molecular formula is C16H25N3O. The number of nitrogen functional groups attached to an aromatic ring is 1. The average molecular weight is 275 g/mol.